The summed E-state index contributed by atoms with van der Waals surface area (Å²) in [6.07, 6.45) is 1.47. The minimum atomic E-state index is -0.393. The highest BCUT2D eigenvalue weighted by Gasteiger charge is 2.18. The first-order valence-electron chi connectivity index (χ1n) is 8.54. The summed E-state index contributed by atoms with van der Waals surface area (Å²) in [5.41, 5.74) is 1.37. The fourth-order valence-corrected chi connectivity index (χ4v) is 3.00. The van der Waals surface area contributed by atoms with Gasteiger partial charge in [-0.05, 0) is 17.7 Å². The van der Waals surface area contributed by atoms with Crippen molar-refractivity contribution in [2.24, 2.45) is 5.16 Å². The Labute approximate surface area is 194 Å². The molecule has 0 bridgehead atoms. The standard InChI is InChI=1S/C20H18Cl4N2O4/c1-25-20(27)19(26-28-2)13-6-4-3-5-12(13)11-30-17-10-16(14(21)9-15(17)22)29-8-7-18(23)24/h3-7,9-10H,8,11H2,1-2H3,(H,25,27)/b26-19+. The second-order valence-electron chi connectivity index (χ2n) is 5.67. The van der Waals surface area contributed by atoms with Crippen molar-refractivity contribution in [1.82, 2.24) is 5.32 Å². The zero-order valence-electron chi connectivity index (χ0n) is 16.0. The van der Waals surface area contributed by atoms with Crippen molar-refractivity contribution in [1.29, 1.82) is 0 Å². The van der Waals surface area contributed by atoms with Gasteiger partial charge in [0.15, 0.2) is 5.71 Å². The quantitative estimate of drug-likeness (QED) is 0.378. The molecule has 0 spiro atoms. The van der Waals surface area contributed by atoms with Crippen LogP contribution in [0.25, 0.3) is 0 Å². The van der Waals surface area contributed by atoms with E-state index in [1.54, 1.807) is 24.3 Å². The lowest BCUT2D eigenvalue weighted by molar-refractivity contribution is -0.114. The summed E-state index contributed by atoms with van der Waals surface area (Å²) in [4.78, 5) is 17.0. The average Bonchev–Trinajstić information content (AvgIpc) is 2.72. The van der Waals surface area contributed by atoms with Gasteiger partial charge in [0.25, 0.3) is 5.91 Å². The molecule has 160 valence electrons. The van der Waals surface area contributed by atoms with E-state index in [0.29, 0.717) is 32.7 Å². The third kappa shape index (κ3) is 6.71. The van der Waals surface area contributed by atoms with Crippen molar-refractivity contribution in [2.75, 3.05) is 20.8 Å². The molecule has 0 atom stereocenters. The first-order valence-corrected chi connectivity index (χ1v) is 10.1. The molecule has 0 saturated heterocycles. The van der Waals surface area contributed by atoms with Crippen LogP contribution >= 0.6 is 46.4 Å². The number of benzene rings is 2. The van der Waals surface area contributed by atoms with E-state index in [1.807, 2.05) is 6.07 Å². The summed E-state index contributed by atoms with van der Waals surface area (Å²) >= 11 is 23.6. The average molecular weight is 492 g/mol. The number of likely N-dealkylation sites (N-methyl/N-ethyl adjacent to an activating group) is 1. The van der Waals surface area contributed by atoms with Crippen LogP contribution in [0, 0.1) is 0 Å². The topological polar surface area (TPSA) is 69.2 Å². The SMILES string of the molecule is CNC(=O)/C(=N/OC)c1ccccc1COc1cc(OCC=C(Cl)Cl)c(Cl)cc1Cl. The second kappa shape index (κ2) is 11.9. The van der Waals surface area contributed by atoms with Crippen LogP contribution < -0.4 is 14.8 Å². The molecule has 0 unspecified atom stereocenters. The molecule has 0 aliphatic carbocycles. The molecule has 2 aromatic carbocycles. The van der Waals surface area contributed by atoms with Gasteiger partial charge in [-0.2, -0.15) is 0 Å². The molecule has 0 heterocycles. The largest absolute Gasteiger partial charge is 0.488 e. The number of nitrogens with one attached hydrogen (secondary N) is 1. The normalized spacial score (nSPS) is 10.9. The van der Waals surface area contributed by atoms with Crippen molar-refractivity contribution in [2.45, 2.75) is 6.61 Å². The van der Waals surface area contributed by atoms with Crippen LogP contribution in [-0.2, 0) is 16.2 Å². The Balaban J connectivity index is 2.26. The zero-order chi connectivity index (χ0) is 22.1. The fourth-order valence-electron chi connectivity index (χ4n) is 2.38. The highest BCUT2D eigenvalue weighted by atomic mass is 35.5. The fraction of sp³-hybridized carbons (Fsp3) is 0.200. The summed E-state index contributed by atoms with van der Waals surface area (Å²) in [6, 6.07) is 10.2. The highest BCUT2D eigenvalue weighted by molar-refractivity contribution is 6.55. The predicted octanol–water partition coefficient (Wildman–Crippen LogP) is 5.37. The molecule has 2 aromatic rings. The molecule has 2 rings (SSSR count). The first-order chi connectivity index (χ1) is 14.4. The number of carbonyl (C=O) groups is 1. The number of amides is 1. The van der Waals surface area contributed by atoms with Gasteiger partial charge < -0.3 is 19.6 Å². The second-order valence-corrected chi connectivity index (χ2v) is 7.49. The molecule has 0 saturated carbocycles. The van der Waals surface area contributed by atoms with Crippen LogP contribution in [0.1, 0.15) is 11.1 Å². The summed E-state index contributed by atoms with van der Waals surface area (Å²) in [5.74, 6) is 0.301. The van der Waals surface area contributed by atoms with E-state index in [-0.39, 0.29) is 23.4 Å². The Morgan fingerprint density at radius 3 is 2.40 bits per heavy atom. The molecule has 0 radical (unpaired) electrons. The number of ether oxygens (including phenoxy) is 2. The molecular weight excluding hydrogens is 474 g/mol. The summed E-state index contributed by atoms with van der Waals surface area (Å²) in [6.45, 7) is 0.221. The number of carbonyl (C=O) groups excluding carboxylic acids is 1. The van der Waals surface area contributed by atoms with Crippen molar-refractivity contribution >= 4 is 58.0 Å². The van der Waals surface area contributed by atoms with Gasteiger partial charge >= 0.3 is 0 Å². The minimum Gasteiger partial charge on any atom is -0.488 e. The van der Waals surface area contributed by atoms with E-state index in [0.717, 1.165) is 0 Å². The Bertz CT molecular complexity index is 960. The summed E-state index contributed by atoms with van der Waals surface area (Å²) < 4.78 is 11.5. The van der Waals surface area contributed by atoms with Gasteiger partial charge in [-0.3, -0.25) is 4.79 Å². The third-order valence-electron chi connectivity index (χ3n) is 3.74. The van der Waals surface area contributed by atoms with Gasteiger partial charge in [-0.15, -0.1) is 0 Å². The van der Waals surface area contributed by atoms with Crippen LogP contribution in [0.2, 0.25) is 10.0 Å². The number of nitrogens with zero attached hydrogens (tertiary/aromatic N) is 1. The highest BCUT2D eigenvalue weighted by Crippen LogP contribution is 2.36. The molecule has 1 amide bonds. The van der Waals surface area contributed by atoms with Crippen LogP contribution in [-0.4, -0.2) is 32.4 Å². The maximum Gasteiger partial charge on any atom is 0.273 e. The van der Waals surface area contributed by atoms with E-state index in [2.05, 4.69) is 10.5 Å². The molecule has 6 nitrogen and oxygen atoms in total. The van der Waals surface area contributed by atoms with E-state index in [4.69, 9.17) is 60.7 Å². The van der Waals surface area contributed by atoms with E-state index >= 15 is 0 Å². The van der Waals surface area contributed by atoms with E-state index < -0.39 is 5.91 Å². The van der Waals surface area contributed by atoms with Gasteiger partial charge in [0, 0.05) is 18.7 Å². The third-order valence-corrected chi connectivity index (χ3v) is 4.64. The van der Waals surface area contributed by atoms with E-state index in [9.17, 15) is 4.79 Å². The maximum atomic E-state index is 12.2. The Hall–Kier alpha value is -2.12. The van der Waals surface area contributed by atoms with Gasteiger partial charge in [0.05, 0.1) is 10.0 Å². The lowest BCUT2D eigenvalue weighted by Crippen LogP contribution is -2.29. The number of hydrogen-bond donors (Lipinski definition) is 1. The van der Waals surface area contributed by atoms with E-state index in [1.165, 1.54) is 26.3 Å². The molecule has 10 heteroatoms. The predicted molar refractivity (Wildman–Crippen MR) is 120 cm³/mol. The molecule has 30 heavy (non-hydrogen) atoms. The number of hydrogen-bond acceptors (Lipinski definition) is 5. The minimum absolute atomic E-state index is 0.0813. The van der Waals surface area contributed by atoms with Crippen LogP contribution in [0.15, 0.2) is 52.1 Å². The molecule has 0 aromatic heterocycles. The number of rotatable bonds is 9. The van der Waals surface area contributed by atoms with Gasteiger partial charge in [-0.25, -0.2) is 0 Å². The van der Waals surface area contributed by atoms with Crippen LogP contribution in [0.5, 0.6) is 11.5 Å². The van der Waals surface area contributed by atoms with Crippen molar-refractivity contribution < 1.29 is 19.1 Å². The number of oxime groups is 1. The smallest absolute Gasteiger partial charge is 0.273 e. The Kier molecular flexibility index (Phi) is 9.59. The van der Waals surface area contributed by atoms with Crippen molar-refractivity contribution in [3.8, 4) is 11.5 Å². The Morgan fingerprint density at radius 1 is 1.10 bits per heavy atom. The summed E-state index contributed by atoms with van der Waals surface area (Å²) in [7, 11) is 2.87. The van der Waals surface area contributed by atoms with Crippen LogP contribution in [0.3, 0.4) is 0 Å². The van der Waals surface area contributed by atoms with Gasteiger partial charge in [0.2, 0.25) is 0 Å². The molecular formula is C20H18Cl4N2O4. The zero-order valence-corrected chi connectivity index (χ0v) is 19.1. The first kappa shape index (κ1) is 24.2. The van der Waals surface area contributed by atoms with Crippen LogP contribution in [0.4, 0.5) is 0 Å². The lowest BCUT2D eigenvalue weighted by atomic mass is 10.0. The monoisotopic (exact) mass is 490 g/mol. The van der Waals surface area contributed by atoms with Crippen molar-refractivity contribution in [3.05, 3.63) is 68.1 Å². The van der Waals surface area contributed by atoms with Gasteiger partial charge in [-0.1, -0.05) is 75.8 Å². The Morgan fingerprint density at radius 2 is 1.77 bits per heavy atom. The number of halogens is 4. The molecule has 0 aliphatic heterocycles. The summed E-state index contributed by atoms with van der Waals surface area (Å²) in [5, 5.41) is 6.97. The lowest BCUT2D eigenvalue weighted by Gasteiger charge is -2.14. The van der Waals surface area contributed by atoms with Crippen molar-refractivity contribution in [3.63, 3.8) is 0 Å². The molecule has 0 aliphatic rings. The maximum absolute atomic E-state index is 12.2. The molecule has 0 fully saturated rings. The van der Waals surface area contributed by atoms with Gasteiger partial charge in [0.1, 0.15) is 36.3 Å². The molecule has 1 N–H and O–H groups in total.